The van der Waals surface area contributed by atoms with E-state index in [0.717, 1.165) is 35.2 Å². The first-order chi connectivity index (χ1) is 11.8. The number of nitrogens with one attached hydrogen (secondary N) is 3. The van der Waals surface area contributed by atoms with Crippen LogP contribution in [0, 0.1) is 0 Å². The van der Waals surface area contributed by atoms with Crippen molar-refractivity contribution in [1.82, 2.24) is 15.5 Å². The molecule has 5 nitrogen and oxygen atoms in total. The van der Waals surface area contributed by atoms with Gasteiger partial charge in [0.05, 0.1) is 0 Å². The standard InChI is InChI=1S/C18H22N4OS.ClH/c23-18(17-15-11-19-10-9-16(15)21-22-17)20-12-5-7-14(8-6-12)24-13-3-1-2-4-13;/h5-8,13,19H,1-4,9-11H2,(H,20,23)(H,21,22);1H. The number of halogens is 1. The van der Waals surface area contributed by atoms with E-state index >= 15 is 0 Å². The summed E-state index contributed by atoms with van der Waals surface area (Å²) in [5.41, 5.74) is 3.38. The predicted molar refractivity (Wildman–Crippen MR) is 104 cm³/mol. The predicted octanol–water partition coefficient (Wildman–Crippen LogP) is 3.76. The molecule has 3 N–H and O–H groups in total. The van der Waals surface area contributed by atoms with Gasteiger partial charge < -0.3 is 10.6 Å². The zero-order valence-corrected chi connectivity index (χ0v) is 15.6. The minimum Gasteiger partial charge on any atom is -0.321 e. The second-order valence-electron chi connectivity index (χ2n) is 6.46. The van der Waals surface area contributed by atoms with E-state index in [0.29, 0.717) is 12.2 Å². The molecule has 1 amide bonds. The summed E-state index contributed by atoms with van der Waals surface area (Å²) in [7, 11) is 0. The van der Waals surface area contributed by atoms with Gasteiger partial charge in [-0.1, -0.05) is 12.8 Å². The van der Waals surface area contributed by atoms with Gasteiger partial charge >= 0.3 is 0 Å². The minimum atomic E-state index is -0.146. The van der Waals surface area contributed by atoms with Crippen LogP contribution < -0.4 is 10.6 Å². The van der Waals surface area contributed by atoms with E-state index in [2.05, 4.69) is 33.0 Å². The van der Waals surface area contributed by atoms with Gasteiger partial charge in [0.25, 0.3) is 5.91 Å². The van der Waals surface area contributed by atoms with Crippen molar-refractivity contribution in [3.05, 3.63) is 41.2 Å². The van der Waals surface area contributed by atoms with Gasteiger partial charge in [-0.3, -0.25) is 9.89 Å². The molecule has 0 atom stereocenters. The lowest BCUT2D eigenvalue weighted by Gasteiger charge is -2.13. The van der Waals surface area contributed by atoms with Crippen molar-refractivity contribution in [2.24, 2.45) is 0 Å². The van der Waals surface area contributed by atoms with Crippen molar-refractivity contribution >= 4 is 35.8 Å². The maximum atomic E-state index is 12.5. The second kappa shape index (κ2) is 8.25. The number of carbonyl (C=O) groups is 1. The van der Waals surface area contributed by atoms with Crippen LogP contribution in [0.25, 0.3) is 0 Å². The summed E-state index contributed by atoms with van der Waals surface area (Å²) in [6, 6.07) is 8.15. The van der Waals surface area contributed by atoms with E-state index < -0.39 is 0 Å². The van der Waals surface area contributed by atoms with E-state index in [-0.39, 0.29) is 18.3 Å². The van der Waals surface area contributed by atoms with Crippen LogP contribution >= 0.6 is 24.2 Å². The third kappa shape index (κ3) is 4.19. The Morgan fingerprint density at radius 3 is 2.72 bits per heavy atom. The zero-order valence-electron chi connectivity index (χ0n) is 14.0. The molecule has 4 rings (SSSR count). The Balaban J connectivity index is 0.00000182. The Morgan fingerprint density at radius 2 is 1.96 bits per heavy atom. The number of H-pyrrole nitrogens is 1. The average Bonchev–Trinajstić information content (AvgIpc) is 3.26. The summed E-state index contributed by atoms with van der Waals surface area (Å²) in [6.45, 7) is 1.63. The van der Waals surface area contributed by atoms with E-state index in [1.54, 1.807) is 0 Å². The number of amides is 1. The fourth-order valence-electron chi connectivity index (χ4n) is 3.42. The van der Waals surface area contributed by atoms with Crippen LogP contribution in [0.15, 0.2) is 29.2 Å². The molecule has 1 aliphatic heterocycles. The van der Waals surface area contributed by atoms with Gasteiger partial charge in [0.15, 0.2) is 5.69 Å². The summed E-state index contributed by atoms with van der Waals surface area (Å²) < 4.78 is 0. The highest BCUT2D eigenvalue weighted by Gasteiger charge is 2.21. The molecule has 0 unspecified atom stereocenters. The minimum absolute atomic E-state index is 0. The topological polar surface area (TPSA) is 69.8 Å². The van der Waals surface area contributed by atoms with Crippen molar-refractivity contribution in [2.75, 3.05) is 11.9 Å². The monoisotopic (exact) mass is 378 g/mol. The van der Waals surface area contributed by atoms with Gasteiger partial charge in [-0.2, -0.15) is 5.10 Å². The van der Waals surface area contributed by atoms with Crippen molar-refractivity contribution in [2.45, 2.75) is 48.8 Å². The van der Waals surface area contributed by atoms with E-state index in [1.807, 2.05) is 23.9 Å². The molecule has 0 bridgehead atoms. The van der Waals surface area contributed by atoms with Crippen LogP contribution in [-0.2, 0) is 13.0 Å². The van der Waals surface area contributed by atoms with Crippen molar-refractivity contribution in [3.8, 4) is 0 Å². The fourth-order valence-corrected chi connectivity index (χ4v) is 4.67. The number of hydrogen-bond acceptors (Lipinski definition) is 4. The molecule has 1 fully saturated rings. The third-order valence-electron chi connectivity index (χ3n) is 4.74. The second-order valence-corrected chi connectivity index (χ2v) is 7.83. The lowest BCUT2D eigenvalue weighted by Crippen LogP contribution is -2.25. The van der Waals surface area contributed by atoms with E-state index in [4.69, 9.17) is 0 Å². The van der Waals surface area contributed by atoms with Crippen LogP contribution in [0.4, 0.5) is 5.69 Å². The van der Waals surface area contributed by atoms with Crippen LogP contribution in [0.5, 0.6) is 0 Å². The number of nitrogens with zero attached hydrogens (tertiary/aromatic N) is 1. The number of aromatic amines is 1. The number of hydrogen-bond donors (Lipinski definition) is 3. The van der Waals surface area contributed by atoms with Crippen molar-refractivity contribution < 1.29 is 4.79 Å². The zero-order chi connectivity index (χ0) is 16.4. The molecule has 25 heavy (non-hydrogen) atoms. The summed E-state index contributed by atoms with van der Waals surface area (Å²) in [6.07, 6.45) is 6.24. The van der Waals surface area contributed by atoms with Gasteiger partial charge in [-0.15, -0.1) is 24.2 Å². The largest absolute Gasteiger partial charge is 0.321 e. The number of thioether (sulfide) groups is 1. The molecule has 1 aromatic carbocycles. The van der Waals surface area contributed by atoms with Crippen LogP contribution in [0.2, 0.25) is 0 Å². The Labute approximate surface area is 158 Å². The average molecular weight is 379 g/mol. The number of anilines is 1. The Kier molecular flexibility index (Phi) is 6.04. The van der Waals surface area contributed by atoms with Gasteiger partial charge in [0.2, 0.25) is 0 Å². The highest BCUT2D eigenvalue weighted by atomic mass is 35.5. The smallest absolute Gasteiger partial charge is 0.276 e. The van der Waals surface area contributed by atoms with Gasteiger partial charge in [-0.25, -0.2) is 0 Å². The Morgan fingerprint density at radius 1 is 1.20 bits per heavy atom. The first-order valence-corrected chi connectivity index (χ1v) is 9.52. The van der Waals surface area contributed by atoms with E-state index in [9.17, 15) is 4.79 Å². The molecule has 1 saturated carbocycles. The number of rotatable bonds is 4. The molecule has 2 aromatic rings. The molecule has 1 aliphatic carbocycles. The molecule has 2 heterocycles. The molecule has 0 radical (unpaired) electrons. The molecule has 2 aliphatic rings. The van der Waals surface area contributed by atoms with Gasteiger partial charge in [-0.05, 0) is 37.1 Å². The van der Waals surface area contributed by atoms with Gasteiger partial charge in [0, 0.05) is 46.6 Å². The first kappa shape index (κ1) is 18.3. The Hall–Kier alpha value is -1.50. The molecule has 7 heteroatoms. The summed E-state index contributed by atoms with van der Waals surface area (Å²) in [5.74, 6) is -0.146. The highest BCUT2D eigenvalue weighted by molar-refractivity contribution is 8.00. The molecule has 0 saturated heterocycles. The lowest BCUT2D eigenvalue weighted by atomic mass is 10.1. The number of fused-ring (bicyclic) bond motifs is 1. The summed E-state index contributed by atoms with van der Waals surface area (Å²) in [4.78, 5) is 13.8. The molecule has 0 spiro atoms. The van der Waals surface area contributed by atoms with E-state index in [1.165, 1.54) is 30.6 Å². The highest BCUT2D eigenvalue weighted by Crippen LogP contribution is 2.35. The molecular weight excluding hydrogens is 356 g/mol. The van der Waals surface area contributed by atoms with Gasteiger partial charge in [0.1, 0.15) is 0 Å². The van der Waals surface area contributed by atoms with Crippen LogP contribution in [-0.4, -0.2) is 27.9 Å². The molecular formula is C18H23ClN4OS. The normalized spacial score (nSPS) is 17.0. The Bertz CT molecular complexity index is 725. The fraction of sp³-hybridized carbons (Fsp3) is 0.444. The lowest BCUT2D eigenvalue weighted by molar-refractivity contribution is 0.102. The third-order valence-corrected chi connectivity index (χ3v) is 6.09. The van der Waals surface area contributed by atoms with Crippen LogP contribution in [0.1, 0.15) is 47.4 Å². The number of carbonyl (C=O) groups excluding carboxylic acids is 1. The van der Waals surface area contributed by atoms with Crippen LogP contribution in [0.3, 0.4) is 0 Å². The molecule has 134 valence electrons. The van der Waals surface area contributed by atoms with Crippen molar-refractivity contribution in [3.63, 3.8) is 0 Å². The quantitative estimate of drug-likeness (QED) is 0.757. The first-order valence-electron chi connectivity index (χ1n) is 8.64. The SMILES string of the molecule is Cl.O=C(Nc1ccc(SC2CCCC2)cc1)c1n[nH]c2c1CNCC2. The summed E-state index contributed by atoms with van der Waals surface area (Å²) >= 11 is 1.96. The number of aromatic nitrogens is 2. The number of benzene rings is 1. The molecule has 1 aromatic heterocycles. The van der Waals surface area contributed by atoms with Crippen molar-refractivity contribution in [1.29, 1.82) is 0 Å². The maximum Gasteiger partial charge on any atom is 0.276 e. The summed E-state index contributed by atoms with van der Waals surface area (Å²) in [5, 5.41) is 14.2. The maximum absolute atomic E-state index is 12.5.